The highest BCUT2D eigenvalue weighted by atomic mass is 16.6. The number of benzene rings is 2. The summed E-state index contributed by atoms with van der Waals surface area (Å²) < 4.78 is 5.97. The normalized spacial score (nSPS) is 11.3. The molecule has 116 valence electrons. The lowest BCUT2D eigenvalue weighted by Crippen LogP contribution is -2.32. The molecule has 2 nitrogen and oxygen atoms in total. The van der Waals surface area contributed by atoms with Crippen LogP contribution in [-0.4, -0.2) is 5.97 Å². The van der Waals surface area contributed by atoms with Crippen molar-refractivity contribution in [1.82, 2.24) is 0 Å². The minimum absolute atomic E-state index is 0.156. The van der Waals surface area contributed by atoms with Crippen LogP contribution >= 0.6 is 0 Å². The number of rotatable bonds is 5. The molecule has 0 aliphatic rings. The lowest BCUT2D eigenvalue weighted by Gasteiger charge is -2.33. The molecular formula is C20H24O2. The van der Waals surface area contributed by atoms with Gasteiger partial charge in [0.05, 0.1) is 0 Å². The van der Waals surface area contributed by atoms with Gasteiger partial charge in [0.2, 0.25) is 0 Å². The van der Waals surface area contributed by atoms with E-state index in [0.717, 1.165) is 28.7 Å². The van der Waals surface area contributed by atoms with Gasteiger partial charge in [-0.25, -0.2) is 0 Å². The third-order valence-electron chi connectivity index (χ3n) is 4.09. The number of carbonyl (C=O) groups excluding carboxylic acids is 1. The number of aryl methyl sites for hydroxylation is 2. The van der Waals surface area contributed by atoms with Crippen LogP contribution in [-0.2, 0) is 15.1 Å². The Kier molecular flexibility index (Phi) is 5.02. The standard InChI is InChI=1S/C20H24O2/c1-5-10-19(21)22-20(4,17-13-8-6-11-15(17)2)18-14-9-7-12-16(18)3/h6-9,11-14H,5,10H2,1-4H3. The smallest absolute Gasteiger partial charge is 0.306 e. The third-order valence-corrected chi connectivity index (χ3v) is 4.09. The van der Waals surface area contributed by atoms with Crippen LogP contribution in [0.2, 0.25) is 0 Å². The van der Waals surface area contributed by atoms with Crippen molar-refractivity contribution in [3.05, 3.63) is 70.8 Å². The van der Waals surface area contributed by atoms with E-state index in [9.17, 15) is 4.79 Å². The Balaban J connectivity index is 2.57. The van der Waals surface area contributed by atoms with Gasteiger partial charge in [0, 0.05) is 17.5 Å². The first-order valence-electron chi connectivity index (χ1n) is 7.83. The van der Waals surface area contributed by atoms with E-state index in [0.29, 0.717) is 6.42 Å². The molecule has 0 radical (unpaired) electrons. The van der Waals surface area contributed by atoms with Gasteiger partial charge in [0.25, 0.3) is 0 Å². The van der Waals surface area contributed by atoms with E-state index >= 15 is 0 Å². The predicted octanol–water partition coefficient (Wildman–Crippen LogP) is 4.91. The zero-order valence-electron chi connectivity index (χ0n) is 13.8. The average Bonchev–Trinajstić information content (AvgIpc) is 2.48. The van der Waals surface area contributed by atoms with E-state index < -0.39 is 5.60 Å². The molecule has 2 heteroatoms. The van der Waals surface area contributed by atoms with Crippen molar-refractivity contribution in [2.75, 3.05) is 0 Å². The molecule has 0 aliphatic carbocycles. The van der Waals surface area contributed by atoms with Gasteiger partial charge in [-0.3, -0.25) is 4.79 Å². The van der Waals surface area contributed by atoms with Crippen molar-refractivity contribution in [2.24, 2.45) is 0 Å². The molecule has 0 fully saturated rings. The van der Waals surface area contributed by atoms with E-state index in [-0.39, 0.29) is 5.97 Å². The molecule has 0 heterocycles. The largest absolute Gasteiger partial charge is 0.449 e. The van der Waals surface area contributed by atoms with Gasteiger partial charge in [-0.05, 0) is 38.3 Å². The Hall–Kier alpha value is -2.09. The maximum Gasteiger partial charge on any atom is 0.306 e. The summed E-state index contributed by atoms with van der Waals surface area (Å²) in [5.74, 6) is -0.156. The van der Waals surface area contributed by atoms with Crippen LogP contribution in [0.1, 0.15) is 48.9 Å². The van der Waals surface area contributed by atoms with Crippen molar-refractivity contribution in [3.63, 3.8) is 0 Å². The van der Waals surface area contributed by atoms with Crippen LogP contribution in [0.4, 0.5) is 0 Å². The predicted molar refractivity (Wildman–Crippen MR) is 89.8 cm³/mol. The van der Waals surface area contributed by atoms with E-state index in [1.54, 1.807) is 0 Å². The van der Waals surface area contributed by atoms with E-state index in [2.05, 4.69) is 26.0 Å². The molecule has 0 aliphatic heterocycles. The Bertz CT molecular complexity index is 613. The summed E-state index contributed by atoms with van der Waals surface area (Å²) in [5.41, 5.74) is 3.56. The molecule has 0 aromatic heterocycles. The van der Waals surface area contributed by atoms with Crippen LogP contribution in [0.25, 0.3) is 0 Å². The minimum atomic E-state index is -0.761. The van der Waals surface area contributed by atoms with E-state index in [4.69, 9.17) is 4.74 Å². The molecule has 0 amide bonds. The first kappa shape index (κ1) is 16.3. The fourth-order valence-corrected chi connectivity index (χ4v) is 2.95. The topological polar surface area (TPSA) is 26.3 Å². The Labute approximate surface area is 133 Å². The Morgan fingerprint density at radius 1 is 0.955 bits per heavy atom. The molecule has 0 unspecified atom stereocenters. The number of hydrogen-bond donors (Lipinski definition) is 0. The van der Waals surface area contributed by atoms with Gasteiger partial charge in [-0.1, -0.05) is 55.5 Å². The average molecular weight is 296 g/mol. The summed E-state index contributed by atoms with van der Waals surface area (Å²) in [4.78, 5) is 12.2. The molecule has 0 bridgehead atoms. The minimum Gasteiger partial charge on any atom is -0.449 e. The van der Waals surface area contributed by atoms with Crippen LogP contribution in [0.15, 0.2) is 48.5 Å². The second-order valence-corrected chi connectivity index (χ2v) is 5.89. The Morgan fingerprint density at radius 2 is 1.41 bits per heavy atom. The van der Waals surface area contributed by atoms with Crippen LogP contribution < -0.4 is 0 Å². The van der Waals surface area contributed by atoms with E-state index in [1.807, 2.05) is 50.2 Å². The highest BCUT2D eigenvalue weighted by Gasteiger charge is 2.35. The Morgan fingerprint density at radius 3 is 1.82 bits per heavy atom. The zero-order valence-corrected chi connectivity index (χ0v) is 13.8. The van der Waals surface area contributed by atoms with Crippen molar-refractivity contribution >= 4 is 5.97 Å². The molecule has 0 saturated heterocycles. The van der Waals surface area contributed by atoms with Crippen molar-refractivity contribution in [1.29, 1.82) is 0 Å². The summed E-state index contributed by atoms with van der Waals surface area (Å²) in [5, 5.41) is 0. The molecule has 2 aromatic carbocycles. The van der Waals surface area contributed by atoms with Gasteiger partial charge in [-0.15, -0.1) is 0 Å². The maximum absolute atomic E-state index is 12.2. The lowest BCUT2D eigenvalue weighted by molar-refractivity contribution is -0.155. The summed E-state index contributed by atoms with van der Waals surface area (Å²) >= 11 is 0. The summed E-state index contributed by atoms with van der Waals surface area (Å²) in [7, 11) is 0. The summed E-state index contributed by atoms with van der Waals surface area (Å²) in [6.07, 6.45) is 1.23. The fourth-order valence-electron chi connectivity index (χ4n) is 2.95. The van der Waals surface area contributed by atoms with Gasteiger partial charge >= 0.3 is 5.97 Å². The van der Waals surface area contributed by atoms with Crippen LogP contribution in [0.5, 0.6) is 0 Å². The number of carbonyl (C=O) groups is 1. The molecule has 0 saturated carbocycles. The molecular weight excluding hydrogens is 272 g/mol. The first-order chi connectivity index (χ1) is 10.5. The van der Waals surface area contributed by atoms with Crippen molar-refractivity contribution in [2.45, 2.75) is 46.1 Å². The summed E-state index contributed by atoms with van der Waals surface area (Å²) in [6, 6.07) is 16.2. The highest BCUT2D eigenvalue weighted by Crippen LogP contribution is 2.37. The lowest BCUT2D eigenvalue weighted by atomic mass is 9.83. The second kappa shape index (κ2) is 6.78. The van der Waals surface area contributed by atoms with Crippen LogP contribution in [0, 0.1) is 13.8 Å². The van der Waals surface area contributed by atoms with Crippen molar-refractivity contribution in [3.8, 4) is 0 Å². The van der Waals surface area contributed by atoms with Crippen LogP contribution in [0.3, 0.4) is 0 Å². The highest BCUT2D eigenvalue weighted by molar-refractivity contribution is 5.71. The number of hydrogen-bond acceptors (Lipinski definition) is 2. The van der Waals surface area contributed by atoms with Gasteiger partial charge in [-0.2, -0.15) is 0 Å². The molecule has 2 rings (SSSR count). The second-order valence-electron chi connectivity index (χ2n) is 5.89. The number of ether oxygens (including phenoxy) is 1. The van der Waals surface area contributed by atoms with Gasteiger partial charge in [0.1, 0.15) is 0 Å². The quantitative estimate of drug-likeness (QED) is 0.733. The molecule has 2 aromatic rings. The van der Waals surface area contributed by atoms with Crippen molar-refractivity contribution < 1.29 is 9.53 Å². The number of esters is 1. The van der Waals surface area contributed by atoms with Gasteiger partial charge < -0.3 is 4.74 Å². The third kappa shape index (κ3) is 3.22. The van der Waals surface area contributed by atoms with E-state index in [1.165, 1.54) is 0 Å². The molecule has 22 heavy (non-hydrogen) atoms. The molecule has 0 spiro atoms. The monoisotopic (exact) mass is 296 g/mol. The molecule has 0 N–H and O–H groups in total. The molecule has 0 atom stereocenters. The fraction of sp³-hybridized carbons (Fsp3) is 0.350. The maximum atomic E-state index is 12.2. The first-order valence-corrected chi connectivity index (χ1v) is 7.83. The van der Waals surface area contributed by atoms with Gasteiger partial charge in [0.15, 0.2) is 5.60 Å². The SMILES string of the molecule is CCCC(=O)OC(C)(c1ccccc1C)c1ccccc1C. The zero-order chi connectivity index (χ0) is 16.2. The summed E-state index contributed by atoms with van der Waals surface area (Å²) in [6.45, 7) is 8.09.